The molecule has 0 saturated carbocycles. The number of ether oxygens (including phenoxy) is 1. The van der Waals surface area contributed by atoms with Gasteiger partial charge in [0.2, 0.25) is 0 Å². The van der Waals surface area contributed by atoms with Crippen molar-refractivity contribution in [2.24, 2.45) is 5.92 Å². The SMILES string of the molecule is CCOC(=O)C(C#N)Cc1ccc(Cl)cc1Cl. The van der Waals surface area contributed by atoms with Gasteiger partial charge in [0.15, 0.2) is 0 Å². The topological polar surface area (TPSA) is 50.1 Å². The molecule has 1 unspecified atom stereocenters. The molecule has 17 heavy (non-hydrogen) atoms. The van der Waals surface area contributed by atoms with Crippen LogP contribution in [-0.2, 0) is 16.0 Å². The maximum Gasteiger partial charge on any atom is 0.323 e. The van der Waals surface area contributed by atoms with Crippen molar-refractivity contribution in [2.75, 3.05) is 6.61 Å². The monoisotopic (exact) mass is 271 g/mol. The van der Waals surface area contributed by atoms with Crippen LogP contribution in [0.25, 0.3) is 0 Å². The van der Waals surface area contributed by atoms with E-state index < -0.39 is 11.9 Å². The van der Waals surface area contributed by atoms with Crippen molar-refractivity contribution >= 4 is 29.2 Å². The largest absolute Gasteiger partial charge is 0.465 e. The zero-order valence-corrected chi connectivity index (χ0v) is 10.8. The highest BCUT2D eigenvalue weighted by atomic mass is 35.5. The number of hydrogen-bond donors (Lipinski definition) is 0. The fourth-order valence-corrected chi connectivity index (χ4v) is 1.82. The Balaban J connectivity index is 2.81. The van der Waals surface area contributed by atoms with Gasteiger partial charge in [0, 0.05) is 16.5 Å². The number of rotatable bonds is 4. The van der Waals surface area contributed by atoms with Crippen LogP contribution >= 0.6 is 23.2 Å². The van der Waals surface area contributed by atoms with Crippen LogP contribution in [0.15, 0.2) is 18.2 Å². The molecule has 0 aliphatic heterocycles. The molecule has 0 aromatic heterocycles. The molecule has 3 nitrogen and oxygen atoms in total. The summed E-state index contributed by atoms with van der Waals surface area (Å²) in [6.07, 6.45) is 0.228. The molecule has 0 aliphatic carbocycles. The van der Waals surface area contributed by atoms with E-state index in [0.717, 1.165) is 0 Å². The van der Waals surface area contributed by atoms with Gasteiger partial charge in [0.1, 0.15) is 5.92 Å². The van der Waals surface area contributed by atoms with E-state index in [1.165, 1.54) is 0 Å². The second-order valence-corrected chi connectivity index (χ2v) is 4.22. The molecule has 1 rings (SSSR count). The zero-order valence-electron chi connectivity index (χ0n) is 9.24. The first kappa shape index (κ1) is 13.8. The van der Waals surface area contributed by atoms with Gasteiger partial charge < -0.3 is 4.74 Å². The lowest BCUT2D eigenvalue weighted by atomic mass is 10.0. The van der Waals surface area contributed by atoms with Crippen molar-refractivity contribution in [3.05, 3.63) is 33.8 Å². The van der Waals surface area contributed by atoms with E-state index in [1.54, 1.807) is 25.1 Å². The minimum absolute atomic E-state index is 0.228. The Hall–Kier alpha value is -1.24. The number of benzene rings is 1. The molecule has 0 radical (unpaired) electrons. The van der Waals surface area contributed by atoms with Crippen molar-refractivity contribution in [1.29, 1.82) is 5.26 Å². The highest BCUT2D eigenvalue weighted by Gasteiger charge is 2.20. The molecule has 0 bridgehead atoms. The van der Waals surface area contributed by atoms with E-state index >= 15 is 0 Å². The van der Waals surface area contributed by atoms with Crippen molar-refractivity contribution in [3.8, 4) is 6.07 Å². The second kappa shape index (κ2) is 6.48. The van der Waals surface area contributed by atoms with Gasteiger partial charge in [0.25, 0.3) is 0 Å². The normalized spacial score (nSPS) is 11.6. The highest BCUT2D eigenvalue weighted by molar-refractivity contribution is 6.35. The lowest BCUT2D eigenvalue weighted by molar-refractivity contribution is -0.145. The van der Waals surface area contributed by atoms with Crippen molar-refractivity contribution in [3.63, 3.8) is 0 Å². The molecule has 5 heteroatoms. The number of halogens is 2. The summed E-state index contributed by atoms with van der Waals surface area (Å²) in [5.74, 6) is -1.37. The summed E-state index contributed by atoms with van der Waals surface area (Å²) < 4.78 is 4.80. The summed E-state index contributed by atoms with van der Waals surface area (Å²) >= 11 is 11.7. The highest BCUT2D eigenvalue weighted by Crippen LogP contribution is 2.23. The third-order valence-corrected chi connectivity index (χ3v) is 2.75. The third-order valence-electron chi connectivity index (χ3n) is 2.17. The zero-order chi connectivity index (χ0) is 12.8. The Labute approximate surface area is 110 Å². The summed E-state index contributed by atoms with van der Waals surface area (Å²) in [5.41, 5.74) is 0.704. The van der Waals surface area contributed by atoms with Crippen molar-refractivity contribution in [1.82, 2.24) is 0 Å². The lowest BCUT2D eigenvalue weighted by Gasteiger charge is -2.09. The van der Waals surface area contributed by atoms with Gasteiger partial charge in [-0.25, -0.2) is 0 Å². The maximum absolute atomic E-state index is 11.4. The summed E-state index contributed by atoms with van der Waals surface area (Å²) in [4.78, 5) is 11.4. The van der Waals surface area contributed by atoms with E-state index in [9.17, 15) is 4.79 Å². The molecule has 0 amide bonds. The van der Waals surface area contributed by atoms with Crippen LogP contribution < -0.4 is 0 Å². The van der Waals surface area contributed by atoms with Crippen LogP contribution in [-0.4, -0.2) is 12.6 Å². The Morgan fingerprint density at radius 1 is 1.53 bits per heavy atom. The number of hydrogen-bond acceptors (Lipinski definition) is 3. The Bertz CT molecular complexity index is 454. The molecule has 0 N–H and O–H groups in total. The molecule has 1 atom stereocenters. The predicted octanol–water partition coefficient (Wildman–Crippen LogP) is 3.24. The van der Waals surface area contributed by atoms with Gasteiger partial charge in [-0.3, -0.25) is 4.79 Å². The number of esters is 1. The second-order valence-electron chi connectivity index (χ2n) is 3.37. The van der Waals surface area contributed by atoms with Crippen LogP contribution in [0.3, 0.4) is 0 Å². The molecule has 0 fully saturated rings. The summed E-state index contributed by atoms with van der Waals surface area (Å²) in [6.45, 7) is 1.95. The van der Waals surface area contributed by atoms with Crippen LogP contribution in [0, 0.1) is 17.2 Å². The van der Waals surface area contributed by atoms with E-state index in [1.807, 2.05) is 6.07 Å². The Morgan fingerprint density at radius 2 is 2.24 bits per heavy atom. The number of nitrogens with zero attached hydrogens (tertiary/aromatic N) is 1. The standard InChI is InChI=1S/C12H11Cl2NO2/c1-2-17-12(16)9(7-15)5-8-3-4-10(13)6-11(8)14/h3-4,6,9H,2,5H2,1H3. The van der Waals surface area contributed by atoms with Crippen LogP contribution in [0.2, 0.25) is 10.0 Å². The molecule has 1 aromatic rings. The molecule has 90 valence electrons. The molecule has 0 saturated heterocycles. The lowest BCUT2D eigenvalue weighted by Crippen LogP contribution is -2.18. The number of nitriles is 1. The average molecular weight is 272 g/mol. The van der Waals surface area contributed by atoms with Crippen LogP contribution in [0.1, 0.15) is 12.5 Å². The molecular formula is C12H11Cl2NO2. The van der Waals surface area contributed by atoms with Crippen LogP contribution in [0.4, 0.5) is 0 Å². The van der Waals surface area contributed by atoms with Crippen LogP contribution in [0.5, 0.6) is 0 Å². The average Bonchev–Trinajstić information content (AvgIpc) is 2.28. The summed E-state index contributed by atoms with van der Waals surface area (Å²) in [6, 6.07) is 6.86. The van der Waals surface area contributed by atoms with Gasteiger partial charge in [-0.2, -0.15) is 5.26 Å². The first-order chi connectivity index (χ1) is 8.08. The maximum atomic E-state index is 11.4. The fraction of sp³-hybridized carbons (Fsp3) is 0.333. The third kappa shape index (κ3) is 3.92. The fourth-order valence-electron chi connectivity index (χ4n) is 1.33. The van der Waals surface area contributed by atoms with Gasteiger partial charge in [-0.05, 0) is 24.6 Å². The molecular weight excluding hydrogens is 261 g/mol. The summed E-state index contributed by atoms with van der Waals surface area (Å²) in [5, 5.41) is 9.87. The van der Waals surface area contributed by atoms with E-state index in [-0.39, 0.29) is 13.0 Å². The van der Waals surface area contributed by atoms with E-state index in [0.29, 0.717) is 15.6 Å². The van der Waals surface area contributed by atoms with Crippen molar-refractivity contribution in [2.45, 2.75) is 13.3 Å². The minimum atomic E-state index is -0.839. The number of carbonyl (C=O) groups is 1. The minimum Gasteiger partial charge on any atom is -0.465 e. The molecule has 0 spiro atoms. The van der Waals surface area contributed by atoms with E-state index in [4.69, 9.17) is 33.2 Å². The quantitative estimate of drug-likeness (QED) is 0.790. The van der Waals surface area contributed by atoms with Gasteiger partial charge in [-0.15, -0.1) is 0 Å². The Kier molecular flexibility index (Phi) is 5.27. The van der Waals surface area contributed by atoms with Crippen molar-refractivity contribution < 1.29 is 9.53 Å². The Morgan fingerprint density at radius 3 is 2.76 bits per heavy atom. The molecule has 0 aliphatic rings. The predicted molar refractivity (Wildman–Crippen MR) is 65.9 cm³/mol. The van der Waals surface area contributed by atoms with Gasteiger partial charge >= 0.3 is 5.97 Å². The van der Waals surface area contributed by atoms with Gasteiger partial charge in [0.05, 0.1) is 12.7 Å². The summed E-state index contributed by atoms with van der Waals surface area (Å²) in [7, 11) is 0. The molecule has 0 heterocycles. The molecule has 1 aromatic carbocycles. The van der Waals surface area contributed by atoms with Gasteiger partial charge in [-0.1, -0.05) is 29.3 Å². The first-order valence-corrected chi connectivity index (χ1v) is 5.84. The smallest absolute Gasteiger partial charge is 0.323 e. The first-order valence-electron chi connectivity index (χ1n) is 5.08. The number of carbonyl (C=O) groups excluding carboxylic acids is 1. The van der Waals surface area contributed by atoms with E-state index in [2.05, 4.69) is 0 Å².